The summed E-state index contributed by atoms with van der Waals surface area (Å²) in [6, 6.07) is 2.86. The van der Waals surface area contributed by atoms with Crippen molar-refractivity contribution < 1.29 is 36.3 Å². The van der Waals surface area contributed by atoms with Gasteiger partial charge in [-0.1, -0.05) is 13.0 Å². The highest BCUT2D eigenvalue weighted by Gasteiger charge is 2.40. The Bertz CT molecular complexity index is 1640. The van der Waals surface area contributed by atoms with E-state index in [-0.39, 0.29) is 46.8 Å². The van der Waals surface area contributed by atoms with Crippen molar-refractivity contribution in [2.75, 3.05) is 25.0 Å². The molecule has 1 fully saturated rings. The number of amides is 2. The molecule has 2 atom stereocenters. The summed E-state index contributed by atoms with van der Waals surface area (Å²) in [6.07, 6.45) is 0.751. The maximum atomic E-state index is 16.2. The maximum absolute atomic E-state index is 16.2. The fourth-order valence-electron chi connectivity index (χ4n) is 6.03. The number of amidine groups is 1. The van der Waals surface area contributed by atoms with Crippen LogP contribution in [0.2, 0.25) is 0 Å². The summed E-state index contributed by atoms with van der Waals surface area (Å²) in [7, 11) is 1.08. The van der Waals surface area contributed by atoms with Crippen LogP contribution in [0.25, 0.3) is 5.57 Å². The molecule has 2 aromatic rings. The second-order valence-corrected chi connectivity index (χ2v) is 10.9. The van der Waals surface area contributed by atoms with Crippen molar-refractivity contribution in [3.63, 3.8) is 0 Å². The number of nitrogens with zero attached hydrogens (tertiary/aromatic N) is 5. The van der Waals surface area contributed by atoms with Crippen LogP contribution in [0, 0.1) is 17.7 Å². The first-order valence-electron chi connectivity index (χ1n) is 14.4. The lowest BCUT2D eigenvalue weighted by molar-refractivity contribution is -0.143. The highest BCUT2D eigenvalue weighted by molar-refractivity contribution is 6.07. The maximum Gasteiger partial charge on any atom is 0.433 e. The van der Waals surface area contributed by atoms with E-state index in [2.05, 4.69) is 15.4 Å². The Balaban J connectivity index is 1.59. The number of hydrogen-bond acceptors (Lipinski definition) is 7. The van der Waals surface area contributed by atoms with E-state index in [0.29, 0.717) is 47.9 Å². The summed E-state index contributed by atoms with van der Waals surface area (Å²) < 4.78 is 77.9. The van der Waals surface area contributed by atoms with Crippen molar-refractivity contribution >= 4 is 29.5 Å². The first-order valence-corrected chi connectivity index (χ1v) is 14.4. The van der Waals surface area contributed by atoms with Crippen molar-refractivity contribution in [2.24, 2.45) is 29.6 Å². The van der Waals surface area contributed by atoms with Gasteiger partial charge >= 0.3 is 6.18 Å². The van der Waals surface area contributed by atoms with Gasteiger partial charge in [0.05, 0.1) is 24.1 Å². The molecule has 1 unspecified atom stereocenters. The van der Waals surface area contributed by atoms with Crippen LogP contribution in [0.5, 0.6) is 5.75 Å². The van der Waals surface area contributed by atoms with Gasteiger partial charge in [-0.25, -0.2) is 9.38 Å². The molecule has 4 heterocycles. The van der Waals surface area contributed by atoms with Gasteiger partial charge in [0.15, 0.2) is 5.82 Å². The van der Waals surface area contributed by atoms with Crippen LogP contribution < -0.4 is 15.8 Å². The molecule has 0 bridgehead atoms. The Hall–Kier alpha value is -4.69. The van der Waals surface area contributed by atoms with E-state index in [9.17, 15) is 22.8 Å². The lowest BCUT2D eigenvalue weighted by Gasteiger charge is -2.42. The number of aliphatic imine (C=N–C) groups is 1. The average Bonchev–Trinajstić information content (AvgIpc) is 3.38. The van der Waals surface area contributed by atoms with Crippen LogP contribution in [0.4, 0.5) is 27.8 Å². The number of halogens is 5. The van der Waals surface area contributed by atoms with E-state index in [1.807, 2.05) is 13.0 Å². The Morgan fingerprint density at radius 1 is 1.22 bits per heavy atom. The SMILES string of the molecule is CCOc1cc(C(=O)Nc2cc(C(F)(F)F)n(C)n2)cc(F)c1C1=C2C(N)=NC=C(F)N2C([C@@H]2CCCN(C=O)C2)=CC1CC. The third-order valence-electron chi connectivity index (χ3n) is 8.00. The molecule has 3 N–H and O–H groups in total. The number of nitrogens with one attached hydrogen (secondary N) is 1. The van der Waals surface area contributed by atoms with E-state index in [1.54, 1.807) is 11.8 Å². The van der Waals surface area contributed by atoms with E-state index in [0.717, 1.165) is 32.1 Å². The number of carbonyl (C=O) groups is 2. The number of benzene rings is 1. The number of hydrogen-bond donors (Lipinski definition) is 2. The molecule has 1 aromatic heterocycles. The number of aromatic nitrogens is 2. The van der Waals surface area contributed by atoms with Gasteiger partial charge in [-0.15, -0.1) is 0 Å². The summed E-state index contributed by atoms with van der Waals surface area (Å²) >= 11 is 0. The first-order chi connectivity index (χ1) is 21.4. The Labute approximate surface area is 255 Å². The molecule has 3 aliphatic heterocycles. The zero-order valence-electron chi connectivity index (χ0n) is 24.8. The monoisotopic (exact) mass is 633 g/mol. The molecule has 5 rings (SSSR count). The van der Waals surface area contributed by atoms with Crippen molar-refractivity contribution in [2.45, 2.75) is 39.3 Å². The lowest BCUT2D eigenvalue weighted by atomic mass is 9.80. The standard InChI is InChI=1S/C30H32F5N7O3/c1-4-16-10-20(17-7-6-8-41(14-17)15-43)42-23(32)13-37-28(36)27(42)25(16)26-19(31)9-18(11-21(26)45-5-2)29(44)38-24-12-22(30(33,34)35)40(3)39-24/h9-13,15-17H,4-8,14H2,1-3H3,(H2,36,37)(H,38,39,44)/t16?,17-/m1/s1. The predicted octanol–water partition coefficient (Wildman–Crippen LogP) is 5.17. The summed E-state index contributed by atoms with van der Waals surface area (Å²) in [4.78, 5) is 31.6. The second kappa shape index (κ2) is 12.4. The fraction of sp³-hybridized carbons (Fsp3) is 0.400. The van der Waals surface area contributed by atoms with Crippen molar-refractivity contribution in [1.82, 2.24) is 19.6 Å². The molecular formula is C30H32F5N7O3. The molecule has 1 saturated heterocycles. The number of nitrogens with two attached hydrogens (primary N) is 1. The number of fused-ring (bicyclic) bond motifs is 1. The zero-order chi connectivity index (χ0) is 32.6. The molecule has 3 aliphatic rings. The fourth-order valence-corrected chi connectivity index (χ4v) is 6.03. The number of ether oxygens (including phenoxy) is 1. The number of piperidine rings is 1. The summed E-state index contributed by atoms with van der Waals surface area (Å²) in [5, 5.41) is 5.95. The van der Waals surface area contributed by atoms with Gasteiger partial charge in [-0.2, -0.15) is 22.7 Å². The van der Waals surface area contributed by atoms with Crippen LogP contribution >= 0.6 is 0 Å². The van der Waals surface area contributed by atoms with E-state index >= 15 is 8.78 Å². The van der Waals surface area contributed by atoms with Crippen molar-refractivity contribution in [3.8, 4) is 5.75 Å². The molecule has 2 amide bonds. The largest absolute Gasteiger partial charge is 0.493 e. The normalized spacial score (nSPS) is 20.3. The average molecular weight is 634 g/mol. The molecule has 10 nitrogen and oxygen atoms in total. The third-order valence-corrected chi connectivity index (χ3v) is 8.00. The Kier molecular flexibility index (Phi) is 8.72. The number of likely N-dealkylation sites (tertiary alicyclic amines) is 1. The number of rotatable bonds is 8. The summed E-state index contributed by atoms with van der Waals surface area (Å²) in [5.41, 5.74) is 5.98. The number of anilines is 1. The molecule has 0 radical (unpaired) electrons. The van der Waals surface area contributed by atoms with Crippen LogP contribution in [0.3, 0.4) is 0 Å². The molecule has 15 heteroatoms. The summed E-state index contributed by atoms with van der Waals surface area (Å²) in [6.45, 7) is 4.56. The van der Waals surface area contributed by atoms with Crippen LogP contribution in [-0.4, -0.2) is 57.4 Å². The van der Waals surface area contributed by atoms with Crippen molar-refractivity contribution in [3.05, 3.63) is 70.5 Å². The summed E-state index contributed by atoms with van der Waals surface area (Å²) in [5.74, 6) is -3.74. The highest BCUT2D eigenvalue weighted by Crippen LogP contribution is 2.47. The number of alkyl halides is 3. The molecule has 0 aliphatic carbocycles. The smallest absolute Gasteiger partial charge is 0.433 e. The van der Waals surface area contributed by atoms with Gasteiger partial charge in [0.25, 0.3) is 5.91 Å². The molecular weight excluding hydrogens is 601 g/mol. The lowest BCUT2D eigenvalue weighted by Crippen LogP contribution is -2.43. The van der Waals surface area contributed by atoms with E-state index in [4.69, 9.17) is 10.5 Å². The minimum atomic E-state index is -4.70. The molecule has 0 spiro atoms. The Morgan fingerprint density at radius 2 is 1.98 bits per heavy atom. The number of aryl methyl sites for hydroxylation is 1. The molecule has 1 aromatic carbocycles. The van der Waals surface area contributed by atoms with Gasteiger partial charge in [-0.3, -0.25) is 19.2 Å². The van der Waals surface area contributed by atoms with Crippen LogP contribution in [0.1, 0.15) is 54.7 Å². The molecule has 45 heavy (non-hydrogen) atoms. The first kappa shape index (κ1) is 31.7. The minimum Gasteiger partial charge on any atom is -0.493 e. The second-order valence-electron chi connectivity index (χ2n) is 10.9. The van der Waals surface area contributed by atoms with Gasteiger partial charge in [-0.05, 0) is 38.3 Å². The highest BCUT2D eigenvalue weighted by atomic mass is 19.4. The third kappa shape index (κ3) is 6.02. The Morgan fingerprint density at radius 3 is 2.62 bits per heavy atom. The van der Waals surface area contributed by atoms with E-state index < -0.39 is 35.5 Å². The van der Waals surface area contributed by atoms with Crippen LogP contribution in [0.15, 0.2) is 52.8 Å². The number of carbonyl (C=O) groups excluding carboxylic acids is 2. The topological polar surface area (TPSA) is 118 Å². The van der Waals surface area contributed by atoms with Crippen LogP contribution in [-0.2, 0) is 18.0 Å². The number of allylic oxidation sites excluding steroid dienone is 2. The predicted molar refractivity (Wildman–Crippen MR) is 156 cm³/mol. The van der Waals surface area contributed by atoms with Gasteiger partial charge in [0.1, 0.15) is 23.1 Å². The van der Waals surface area contributed by atoms with Gasteiger partial charge in [0, 0.05) is 54.9 Å². The van der Waals surface area contributed by atoms with Gasteiger partial charge in [0.2, 0.25) is 12.4 Å². The quantitative estimate of drug-likeness (QED) is 0.235. The molecule has 240 valence electrons. The molecule has 0 saturated carbocycles. The zero-order valence-corrected chi connectivity index (χ0v) is 24.8. The van der Waals surface area contributed by atoms with E-state index in [1.165, 1.54) is 11.0 Å². The van der Waals surface area contributed by atoms with Crippen molar-refractivity contribution in [1.29, 1.82) is 0 Å². The van der Waals surface area contributed by atoms with Gasteiger partial charge < -0.3 is 20.7 Å². The minimum absolute atomic E-state index is 0.0510.